The van der Waals surface area contributed by atoms with Gasteiger partial charge in [0.15, 0.2) is 6.10 Å². The SMILES string of the molecule is CC(C)c1ccc(NC(=O)[C@@H](C)OC(=O)[C@@H]2CS[C@@]3(C)CCC(=O)N23)cc1. The molecule has 0 radical (unpaired) electrons. The van der Waals surface area contributed by atoms with Crippen molar-refractivity contribution in [1.29, 1.82) is 0 Å². The molecule has 2 aliphatic heterocycles. The van der Waals surface area contributed by atoms with Crippen LogP contribution in [-0.4, -0.2) is 45.5 Å². The topological polar surface area (TPSA) is 75.7 Å². The second-order valence-corrected chi connectivity index (χ2v) is 9.11. The summed E-state index contributed by atoms with van der Waals surface area (Å²) in [7, 11) is 0. The number of nitrogens with zero attached hydrogens (tertiary/aromatic N) is 1. The number of ether oxygens (including phenoxy) is 1. The van der Waals surface area contributed by atoms with Gasteiger partial charge in [0.25, 0.3) is 5.91 Å². The average molecular weight is 391 g/mol. The van der Waals surface area contributed by atoms with Gasteiger partial charge in [0.2, 0.25) is 5.91 Å². The number of carbonyl (C=O) groups is 3. The number of anilines is 1. The van der Waals surface area contributed by atoms with Crippen LogP contribution in [0.5, 0.6) is 0 Å². The minimum Gasteiger partial charge on any atom is -0.451 e. The van der Waals surface area contributed by atoms with Gasteiger partial charge in [-0.25, -0.2) is 4.79 Å². The maximum absolute atomic E-state index is 12.6. The molecule has 1 N–H and O–H groups in total. The number of amides is 2. The van der Waals surface area contributed by atoms with E-state index in [1.807, 2.05) is 31.2 Å². The van der Waals surface area contributed by atoms with Crippen LogP contribution in [-0.2, 0) is 19.1 Å². The lowest BCUT2D eigenvalue weighted by Gasteiger charge is -2.29. The Labute approximate surface area is 164 Å². The lowest BCUT2D eigenvalue weighted by molar-refractivity contribution is -0.160. The number of hydrogen-bond acceptors (Lipinski definition) is 5. The third kappa shape index (κ3) is 3.98. The van der Waals surface area contributed by atoms with Crippen LogP contribution in [0.3, 0.4) is 0 Å². The number of hydrogen-bond donors (Lipinski definition) is 1. The number of rotatable bonds is 5. The van der Waals surface area contributed by atoms with Crippen LogP contribution in [0.15, 0.2) is 24.3 Å². The lowest BCUT2D eigenvalue weighted by Crippen LogP contribution is -2.48. The monoisotopic (exact) mass is 390 g/mol. The second-order valence-electron chi connectivity index (χ2n) is 7.61. The number of carbonyl (C=O) groups excluding carboxylic acids is 3. The second kappa shape index (κ2) is 7.54. The van der Waals surface area contributed by atoms with Gasteiger partial charge in [0.05, 0.1) is 4.87 Å². The maximum atomic E-state index is 12.6. The van der Waals surface area contributed by atoms with Crippen molar-refractivity contribution in [1.82, 2.24) is 4.90 Å². The van der Waals surface area contributed by atoms with Gasteiger partial charge >= 0.3 is 5.97 Å². The van der Waals surface area contributed by atoms with Crippen molar-refractivity contribution in [2.24, 2.45) is 0 Å². The van der Waals surface area contributed by atoms with Crippen LogP contribution in [0.2, 0.25) is 0 Å². The predicted octanol–water partition coefficient (Wildman–Crippen LogP) is 3.13. The number of fused-ring (bicyclic) bond motifs is 1. The first kappa shape index (κ1) is 19.7. The van der Waals surface area contributed by atoms with E-state index in [2.05, 4.69) is 19.2 Å². The van der Waals surface area contributed by atoms with Crippen molar-refractivity contribution in [3.8, 4) is 0 Å². The Balaban J connectivity index is 1.58. The molecular weight excluding hydrogens is 364 g/mol. The molecule has 6 nitrogen and oxygen atoms in total. The van der Waals surface area contributed by atoms with E-state index in [1.54, 1.807) is 23.6 Å². The van der Waals surface area contributed by atoms with Gasteiger partial charge < -0.3 is 15.0 Å². The highest BCUT2D eigenvalue weighted by Crippen LogP contribution is 2.47. The first-order valence-electron chi connectivity index (χ1n) is 9.29. The van der Waals surface area contributed by atoms with E-state index in [4.69, 9.17) is 4.74 Å². The van der Waals surface area contributed by atoms with Crippen LogP contribution in [0.25, 0.3) is 0 Å². The largest absolute Gasteiger partial charge is 0.451 e. The van der Waals surface area contributed by atoms with Gasteiger partial charge in [-0.05, 0) is 43.9 Å². The van der Waals surface area contributed by atoms with Crippen molar-refractivity contribution >= 4 is 35.2 Å². The molecule has 2 amide bonds. The number of esters is 1. The molecule has 3 atom stereocenters. The van der Waals surface area contributed by atoms with Gasteiger partial charge in [0, 0.05) is 17.9 Å². The van der Waals surface area contributed by atoms with Gasteiger partial charge in [0.1, 0.15) is 6.04 Å². The van der Waals surface area contributed by atoms with Crippen molar-refractivity contribution < 1.29 is 19.1 Å². The standard InChI is InChI=1S/C20H26N2O4S/c1-12(2)14-5-7-15(8-6-14)21-18(24)13(3)26-19(25)16-11-27-20(4)10-9-17(23)22(16)20/h5-8,12-13,16H,9-11H2,1-4H3,(H,21,24)/t13-,16+,20+/m1/s1. The Hall–Kier alpha value is -2.02. The first-order valence-corrected chi connectivity index (χ1v) is 10.3. The molecule has 2 saturated heterocycles. The molecule has 3 rings (SSSR count). The average Bonchev–Trinajstić information content (AvgIpc) is 3.11. The maximum Gasteiger partial charge on any atom is 0.330 e. The zero-order chi connectivity index (χ0) is 19.8. The minimum atomic E-state index is -0.933. The fourth-order valence-electron chi connectivity index (χ4n) is 3.50. The molecule has 1 aromatic carbocycles. The van der Waals surface area contributed by atoms with Gasteiger partial charge in [-0.15, -0.1) is 11.8 Å². The molecule has 2 fully saturated rings. The van der Waals surface area contributed by atoms with E-state index in [0.29, 0.717) is 23.8 Å². The molecule has 0 unspecified atom stereocenters. The van der Waals surface area contributed by atoms with Crippen LogP contribution in [0.4, 0.5) is 5.69 Å². The highest BCUT2D eigenvalue weighted by molar-refractivity contribution is 8.01. The molecule has 0 saturated carbocycles. The Bertz CT molecular complexity index is 749. The normalized spacial score (nSPS) is 25.4. The highest BCUT2D eigenvalue weighted by Gasteiger charge is 2.53. The molecule has 1 aromatic rings. The number of benzene rings is 1. The molecular formula is C20H26N2O4S. The van der Waals surface area contributed by atoms with E-state index in [-0.39, 0.29) is 16.7 Å². The molecule has 2 heterocycles. The fourth-order valence-corrected chi connectivity index (χ4v) is 4.91. The van der Waals surface area contributed by atoms with E-state index < -0.39 is 18.1 Å². The summed E-state index contributed by atoms with van der Waals surface area (Å²) in [5.41, 5.74) is 1.84. The Morgan fingerprint density at radius 3 is 2.56 bits per heavy atom. The lowest BCUT2D eigenvalue weighted by atomic mass is 10.0. The number of nitrogens with one attached hydrogen (secondary N) is 1. The zero-order valence-electron chi connectivity index (χ0n) is 16.2. The highest BCUT2D eigenvalue weighted by atomic mass is 32.2. The third-order valence-corrected chi connectivity index (χ3v) is 6.73. The summed E-state index contributed by atoms with van der Waals surface area (Å²) in [6, 6.07) is 6.99. The molecule has 0 aliphatic carbocycles. The third-order valence-electron chi connectivity index (χ3n) is 5.22. The van der Waals surface area contributed by atoms with E-state index in [1.165, 1.54) is 5.56 Å². The molecule has 2 aliphatic rings. The molecule has 7 heteroatoms. The van der Waals surface area contributed by atoms with Crippen molar-refractivity contribution in [2.45, 2.75) is 63.5 Å². The van der Waals surface area contributed by atoms with Crippen molar-refractivity contribution in [2.75, 3.05) is 11.1 Å². The summed E-state index contributed by atoms with van der Waals surface area (Å²) < 4.78 is 5.37. The quantitative estimate of drug-likeness (QED) is 0.782. The van der Waals surface area contributed by atoms with Crippen LogP contribution in [0, 0.1) is 0 Å². The molecule has 0 spiro atoms. The first-order chi connectivity index (χ1) is 12.7. The summed E-state index contributed by atoms with van der Waals surface area (Å²) in [5.74, 6) is -0.00251. The molecule has 146 valence electrons. The Morgan fingerprint density at radius 2 is 1.93 bits per heavy atom. The summed E-state index contributed by atoms with van der Waals surface area (Å²) in [5, 5.41) is 2.76. The summed E-state index contributed by atoms with van der Waals surface area (Å²) >= 11 is 1.60. The van der Waals surface area contributed by atoms with Gasteiger partial charge in [-0.1, -0.05) is 26.0 Å². The van der Waals surface area contributed by atoms with Crippen LogP contribution in [0.1, 0.15) is 52.0 Å². The van der Waals surface area contributed by atoms with E-state index >= 15 is 0 Å². The van der Waals surface area contributed by atoms with Crippen LogP contribution < -0.4 is 5.32 Å². The predicted molar refractivity (Wildman–Crippen MR) is 105 cm³/mol. The molecule has 0 bridgehead atoms. The van der Waals surface area contributed by atoms with Crippen molar-refractivity contribution in [3.63, 3.8) is 0 Å². The van der Waals surface area contributed by atoms with E-state index in [9.17, 15) is 14.4 Å². The summed E-state index contributed by atoms with van der Waals surface area (Å²) in [4.78, 5) is 38.4. The molecule has 0 aromatic heterocycles. The summed E-state index contributed by atoms with van der Waals surface area (Å²) in [6.45, 7) is 7.73. The Kier molecular flexibility index (Phi) is 5.51. The van der Waals surface area contributed by atoms with Crippen molar-refractivity contribution in [3.05, 3.63) is 29.8 Å². The Morgan fingerprint density at radius 1 is 1.26 bits per heavy atom. The zero-order valence-corrected chi connectivity index (χ0v) is 17.0. The molecule has 27 heavy (non-hydrogen) atoms. The van der Waals surface area contributed by atoms with Gasteiger partial charge in [-0.2, -0.15) is 0 Å². The minimum absolute atomic E-state index is 0.0215. The van der Waals surface area contributed by atoms with Crippen LogP contribution >= 0.6 is 11.8 Å². The van der Waals surface area contributed by atoms with Gasteiger partial charge in [-0.3, -0.25) is 9.59 Å². The summed E-state index contributed by atoms with van der Waals surface area (Å²) in [6.07, 6.45) is 0.259. The smallest absolute Gasteiger partial charge is 0.330 e. The fraction of sp³-hybridized carbons (Fsp3) is 0.550. The van der Waals surface area contributed by atoms with E-state index in [0.717, 1.165) is 6.42 Å². The number of thioether (sulfide) groups is 1.